The van der Waals surface area contributed by atoms with Gasteiger partial charge in [-0.15, -0.1) is 34.2 Å². The predicted molar refractivity (Wildman–Crippen MR) is 97.5 cm³/mol. The summed E-state index contributed by atoms with van der Waals surface area (Å²) < 4.78 is 1.99. The van der Waals surface area contributed by atoms with Crippen LogP contribution in [0.2, 0.25) is 0 Å². The fourth-order valence-corrected chi connectivity index (χ4v) is 2.83. The molecule has 2 aliphatic rings. The van der Waals surface area contributed by atoms with Gasteiger partial charge in [0.25, 0.3) is 0 Å². The van der Waals surface area contributed by atoms with Crippen LogP contribution in [0.25, 0.3) is 0 Å². The van der Waals surface area contributed by atoms with Crippen LogP contribution in [-0.4, -0.2) is 57.8 Å². The van der Waals surface area contributed by atoms with E-state index in [4.69, 9.17) is 0 Å². The Morgan fingerprint density at radius 3 is 2.68 bits per heavy atom. The van der Waals surface area contributed by atoms with Crippen molar-refractivity contribution in [1.82, 2.24) is 30.3 Å². The van der Waals surface area contributed by atoms with E-state index >= 15 is 0 Å². The number of guanidine groups is 1. The van der Waals surface area contributed by atoms with Gasteiger partial charge in [0.05, 0.1) is 6.54 Å². The summed E-state index contributed by atoms with van der Waals surface area (Å²) in [6.07, 6.45) is 3.96. The van der Waals surface area contributed by atoms with Gasteiger partial charge >= 0.3 is 0 Å². The number of nitrogens with one attached hydrogen (secondary N) is 2. The molecule has 124 valence electrons. The van der Waals surface area contributed by atoms with Crippen LogP contribution < -0.4 is 10.6 Å². The molecule has 1 saturated heterocycles. The van der Waals surface area contributed by atoms with Gasteiger partial charge < -0.3 is 15.2 Å². The van der Waals surface area contributed by atoms with Crippen LogP contribution in [0.1, 0.15) is 30.9 Å². The van der Waals surface area contributed by atoms with E-state index in [2.05, 4.69) is 30.7 Å². The van der Waals surface area contributed by atoms with Crippen molar-refractivity contribution in [2.75, 3.05) is 20.1 Å². The largest absolute Gasteiger partial charge is 0.352 e. The highest BCUT2D eigenvalue weighted by molar-refractivity contribution is 14.0. The molecule has 2 fully saturated rings. The standard InChI is InChI=1S/C14H25N7.HI/c1-10-18-19-13(20(10)3)8-16-14(15-2)17-11-6-7-21(9-11)12-4-5-12;/h11-12H,4-9H2,1-3H3,(H2,15,16,17);1H. The molecule has 8 heteroatoms. The normalized spacial score (nSPS) is 22.5. The molecule has 1 aromatic heterocycles. The number of halogens is 1. The Labute approximate surface area is 149 Å². The Balaban J connectivity index is 0.00000176. The molecule has 22 heavy (non-hydrogen) atoms. The first-order valence-corrected chi connectivity index (χ1v) is 7.73. The van der Waals surface area contributed by atoms with E-state index in [-0.39, 0.29) is 24.0 Å². The van der Waals surface area contributed by atoms with Crippen LogP contribution in [-0.2, 0) is 13.6 Å². The van der Waals surface area contributed by atoms with Crippen molar-refractivity contribution in [3.05, 3.63) is 11.6 Å². The lowest BCUT2D eigenvalue weighted by Gasteiger charge is -2.18. The summed E-state index contributed by atoms with van der Waals surface area (Å²) in [7, 11) is 3.79. The molecule has 1 aliphatic carbocycles. The van der Waals surface area contributed by atoms with Gasteiger partial charge in [-0.3, -0.25) is 9.89 Å². The molecule has 0 amide bonds. The molecule has 3 rings (SSSR count). The quantitative estimate of drug-likeness (QED) is 0.426. The van der Waals surface area contributed by atoms with E-state index in [9.17, 15) is 0 Å². The molecule has 0 spiro atoms. The van der Waals surface area contributed by atoms with Gasteiger partial charge in [-0.25, -0.2) is 0 Å². The summed E-state index contributed by atoms with van der Waals surface area (Å²) >= 11 is 0. The highest BCUT2D eigenvalue weighted by Crippen LogP contribution is 2.29. The molecular formula is C14H26IN7. The Hall–Kier alpha value is -0.900. The van der Waals surface area contributed by atoms with Crippen molar-refractivity contribution in [2.24, 2.45) is 12.0 Å². The third kappa shape index (κ3) is 4.09. The van der Waals surface area contributed by atoms with Crippen molar-refractivity contribution < 1.29 is 0 Å². The third-order valence-electron chi connectivity index (χ3n) is 4.44. The van der Waals surface area contributed by atoms with Crippen LogP contribution in [0.15, 0.2) is 4.99 Å². The molecule has 1 aromatic rings. The lowest BCUT2D eigenvalue weighted by Crippen LogP contribution is -2.44. The van der Waals surface area contributed by atoms with E-state index in [1.807, 2.05) is 25.6 Å². The summed E-state index contributed by atoms with van der Waals surface area (Å²) in [5, 5.41) is 15.1. The number of aromatic nitrogens is 3. The number of nitrogens with zero attached hydrogens (tertiary/aromatic N) is 5. The first kappa shape index (κ1) is 17.5. The topological polar surface area (TPSA) is 70.4 Å². The summed E-state index contributed by atoms with van der Waals surface area (Å²) in [4.78, 5) is 6.90. The van der Waals surface area contributed by atoms with Crippen molar-refractivity contribution in [3.63, 3.8) is 0 Å². The summed E-state index contributed by atoms with van der Waals surface area (Å²) in [5.41, 5.74) is 0. The summed E-state index contributed by atoms with van der Waals surface area (Å²) in [6, 6.07) is 1.35. The molecule has 2 heterocycles. The number of likely N-dealkylation sites (tertiary alicyclic amines) is 1. The van der Waals surface area contributed by atoms with Crippen LogP contribution >= 0.6 is 24.0 Å². The van der Waals surface area contributed by atoms with Crippen molar-refractivity contribution in [2.45, 2.75) is 44.8 Å². The minimum Gasteiger partial charge on any atom is -0.352 e. The van der Waals surface area contributed by atoms with Gasteiger partial charge in [0.1, 0.15) is 5.82 Å². The second-order valence-electron chi connectivity index (χ2n) is 6.00. The Bertz CT molecular complexity index is 523. The maximum absolute atomic E-state index is 4.31. The second-order valence-corrected chi connectivity index (χ2v) is 6.00. The van der Waals surface area contributed by atoms with Crippen LogP contribution in [0.5, 0.6) is 0 Å². The fourth-order valence-electron chi connectivity index (χ4n) is 2.83. The maximum atomic E-state index is 4.31. The maximum Gasteiger partial charge on any atom is 0.191 e. The second kappa shape index (κ2) is 7.58. The monoisotopic (exact) mass is 419 g/mol. The average Bonchev–Trinajstić information content (AvgIpc) is 3.16. The zero-order valence-corrected chi connectivity index (χ0v) is 15.9. The van der Waals surface area contributed by atoms with Crippen LogP contribution in [0.3, 0.4) is 0 Å². The first-order chi connectivity index (χ1) is 10.2. The molecule has 0 radical (unpaired) electrons. The molecule has 1 saturated carbocycles. The lowest BCUT2D eigenvalue weighted by molar-refractivity contribution is 0.321. The number of aryl methyl sites for hydroxylation is 1. The molecule has 0 aromatic carbocycles. The van der Waals surface area contributed by atoms with Gasteiger partial charge in [-0.2, -0.15) is 0 Å². The van der Waals surface area contributed by atoms with E-state index in [1.165, 1.54) is 25.8 Å². The predicted octanol–water partition coefficient (Wildman–Crippen LogP) is 0.643. The number of rotatable bonds is 4. The van der Waals surface area contributed by atoms with E-state index in [1.54, 1.807) is 0 Å². The van der Waals surface area contributed by atoms with Crippen LogP contribution in [0, 0.1) is 6.92 Å². The SMILES string of the molecule is CN=C(NCc1nnc(C)n1C)NC1CCN(C2CC2)C1.I. The molecule has 1 unspecified atom stereocenters. The Kier molecular flexibility index (Phi) is 6.01. The van der Waals surface area contributed by atoms with Gasteiger partial charge in [0.2, 0.25) is 0 Å². The van der Waals surface area contributed by atoms with Crippen molar-refractivity contribution in [1.29, 1.82) is 0 Å². The smallest absolute Gasteiger partial charge is 0.191 e. The van der Waals surface area contributed by atoms with Crippen molar-refractivity contribution in [3.8, 4) is 0 Å². The number of hydrogen-bond donors (Lipinski definition) is 2. The minimum atomic E-state index is 0. The molecular weight excluding hydrogens is 393 g/mol. The minimum absolute atomic E-state index is 0. The van der Waals surface area contributed by atoms with Gasteiger partial charge in [-0.05, 0) is 26.2 Å². The average molecular weight is 419 g/mol. The van der Waals surface area contributed by atoms with E-state index in [0.717, 1.165) is 30.2 Å². The molecule has 2 N–H and O–H groups in total. The zero-order chi connectivity index (χ0) is 14.8. The summed E-state index contributed by atoms with van der Waals surface area (Å²) in [6.45, 7) is 4.93. The third-order valence-corrected chi connectivity index (χ3v) is 4.44. The summed E-state index contributed by atoms with van der Waals surface area (Å²) in [5.74, 6) is 2.69. The Morgan fingerprint density at radius 1 is 1.32 bits per heavy atom. The highest BCUT2D eigenvalue weighted by atomic mass is 127. The van der Waals surface area contributed by atoms with E-state index in [0.29, 0.717) is 12.6 Å². The van der Waals surface area contributed by atoms with Gasteiger partial charge in [-0.1, -0.05) is 0 Å². The first-order valence-electron chi connectivity index (χ1n) is 7.73. The molecule has 0 bridgehead atoms. The highest BCUT2D eigenvalue weighted by Gasteiger charge is 2.34. The van der Waals surface area contributed by atoms with Crippen molar-refractivity contribution >= 4 is 29.9 Å². The van der Waals surface area contributed by atoms with Crippen LogP contribution in [0.4, 0.5) is 0 Å². The Morgan fingerprint density at radius 2 is 2.09 bits per heavy atom. The van der Waals surface area contributed by atoms with E-state index < -0.39 is 0 Å². The number of hydrogen-bond acceptors (Lipinski definition) is 4. The molecule has 1 aliphatic heterocycles. The molecule has 1 atom stereocenters. The fraction of sp³-hybridized carbons (Fsp3) is 0.786. The van der Waals surface area contributed by atoms with Gasteiger partial charge in [0.15, 0.2) is 11.8 Å². The number of aliphatic imine (C=N–C) groups is 1. The zero-order valence-electron chi connectivity index (χ0n) is 13.5. The molecule has 7 nitrogen and oxygen atoms in total. The van der Waals surface area contributed by atoms with Gasteiger partial charge in [0, 0.05) is 39.3 Å². The lowest BCUT2D eigenvalue weighted by atomic mass is 10.3.